The van der Waals surface area contributed by atoms with Crippen LogP contribution in [0.3, 0.4) is 0 Å². The summed E-state index contributed by atoms with van der Waals surface area (Å²) in [7, 11) is 0. The molecule has 0 aromatic rings. The van der Waals surface area contributed by atoms with E-state index in [1.165, 1.54) is 0 Å². The Hall–Kier alpha value is -0.820. The van der Waals surface area contributed by atoms with Crippen molar-refractivity contribution in [3.8, 4) is 0 Å². The van der Waals surface area contributed by atoms with Gasteiger partial charge in [-0.25, -0.2) is 0 Å². The molecule has 1 atom stereocenters. The lowest BCUT2D eigenvalue weighted by atomic mass is 9.80. The SMILES string of the molecule is CC12C=CC(C=C1)C(O)CCC/C=C\2. The number of aliphatic hydroxyl groups excluding tert-OH is 1. The average molecular weight is 190 g/mol. The summed E-state index contributed by atoms with van der Waals surface area (Å²) < 4.78 is 0. The molecule has 14 heavy (non-hydrogen) atoms. The van der Waals surface area contributed by atoms with Crippen LogP contribution in [-0.4, -0.2) is 11.2 Å². The molecule has 0 heterocycles. The number of hydrogen-bond acceptors (Lipinski definition) is 1. The minimum atomic E-state index is -0.196. The minimum Gasteiger partial charge on any atom is -0.392 e. The van der Waals surface area contributed by atoms with E-state index in [9.17, 15) is 5.11 Å². The lowest BCUT2D eigenvalue weighted by molar-refractivity contribution is 0.135. The molecular formula is C13H18O. The molecule has 1 unspecified atom stereocenters. The Morgan fingerprint density at radius 2 is 1.93 bits per heavy atom. The Kier molecular flexibility index (Phi) is 2.60. The van der Waals surface area contributed by atoms with E-state index in [4.69, 9.17) is 0 Å². The molecule has 0 aliphatic heterocycles. The van der Waals surface area contributed by atoms with Gasteiger partial charge in [-0.3, -0.25) is 0 Å². The van der Waals surface area contributed by atoms with Crippen molar-refractivity contribution >= 4 is 0 Å². The van der Waals surface area contributed by atoms with E-state index < -0.39 is 0 Å². The molecule has 3 aliphatic carbocycles. The monoisotopic (exact) mass is 190 g/mol. The van der Waals surface area contributed by atoms with Gasteiger partial charge in [-0.05, 0) is 26.2 Å². The van der Waals surface area contributed by atoms with Crippen molar-refractivity contribution in [1.82, 2.24) is 0 Å². The second-order valence-corrected chi connectivity index (χ2v) is 4.56. The molecule has 0 amide bonds. The van der Waals surface area contributed by atoms with Gasteiger partial charge in [-0.15, -0.1) is 0 Å². The van der Waals surface area contributed by atoms with Crippen LogP contribution in [0, 0.1) is 11.3 Å². The maximum atomic E-state index is 9.87. The minimum absolute atomic E-state index is 0.0769. The highest BCUT2D eigenvalue weighted by molar-refractivity contribution is 5.26. The van der Waals surface area contributed by atoms with Gasteiger partial charge in [-0.2, -0.15) is 0 Å². The molecule has 2 bridgehead atoms. The summed E-state index contributed by atoms with van der Waals surface area (Å²) in [6, 6.07) is 0. The molecule has 76 valence electrons. The Balaban J connectivity index is 2.24. The first kappa shape index (κ1) is 9.72. The van der Waals surface area contributed by atoms with Crippen molar-refractivity contribution in [2.24, 2.45) is 11.3 Å². The fraction of sp³-hybridized carbons (Fsp3) is 0.538. The first-order chi connectivity index (χ1) is 6.70. The fourth-order valence-corrected chi connectivity index (χ4v) is 2.10. The predicted octanol–water partition coefficient (Wildman–Crippen LogP) is 2.84. The van der Waals surface area contributed by atoms with Gasteiger partial charge in [0.2, 0.25) is 0 Å². The number of hydrogen-bond donors (Lipinski definition) is 1. The molecule has 0 saturated carbocycles. The highest BCUT2D eigenvalue weighted by Gasteiger charge is 2.22. The summed E-state index contributed by atoms with van der Waals surface area (Å²) in [6.45, 7) is 2.20. The van der Waals surface area contributed by atoms with Gasteiger partial charge in [0.15, 0.2) is 0 Å². The topological polar surface area (TPSA) is 20.2 Å². The maximum absolute atomic E-state index is 9.87. The third kappa shape index (κ3) is 1.98. The smallest absolute Gasteiger partial charge is 0.0637 e. The molecule has 0 spiro atoms. The maximum Gasteiger partial charge on any atom is 0.0637 e. The summed E-state index contributed by atoms with van der Waals surface area (Å²) in [5.41, 5.74) is 0.0769. The molecule has 3 aliphatic rings. The number of fused-ring (bicyclic) bond motifs is 4. The lowest BCUT2D eigenvalue weighted by Gasteiger charge is -2.27. The first-order valence-corrected chi connectivity index (χ1v) is 5.44. The van der Waals surface area contributed by atoms with Gasteiger partial charge in [-0.1, -0.05) is 36.5 Å². The van der Waals surface area contributed by atoms with Crippen LogP contribution in [0.1, 0.15) is 26.2 Å². The van der Waals surface area contributed by atoms with Crippen molar-refractivity contribution in [2.45, 2.75) is 32.3 Å². The number of allylic oxidation sites excluding steroid dienone is 4. The molecular weight excluding hydrogens is 172 g/mol. The molecule has 0 fully saturated rings. The summed E-state index contributed by atoms with van der Waals surface area (Å²) in [5, 5.41) is 9.87. The van der Waals surface area contributed by atoms with Gasteiger partial charge in [0.05, 0.1) is 6.10 Å². The van der Waals surface area contributed by atoms with Crippen LogP contribution in [0.2, 0.25) is 0 Å². The van der Waals surface area contributed by atoms with Crippen molar-refractivity contribution in [3.05, 3.63) is 36.5 Å². The second-order valence-electron chi connectivity index (χ2n) is 4.56. The van der Waals surface area contributed by atoms with Gasteiger partial charge in [0.1, 0.15) is 0 Å². The zero-order chi connectivity index (χ0) is 10.0. The van der Waals surface area contributed by atoms with Crippen LogP contribution in [0.25, 0.3) is 0 Å². The Morgan fingerprint density at radius 3 is 2.64 bits per heavy atom. The summed E-state index contributed by atoms with van der Waals surface area (Å²) in [4.78, 5) is 0. The predicted molar refractivity (Wildman–Crippen MR) is 58.9 cm³/mol. The van der Waals surface area contributed by atoms with Crippen LogP contribution in [0.15, 0.2) is 36.5 Å². The summed E-state index contributed by atoms with van der Waals surface area (Å²) in [5.74, 6) is 0.231. The number of rotatable bonds is 0. The average Bonchev–Trinajstić information content (AvgIpc) is 2.18. The van der Waals surface area contributed by atoms with Crippen molar-refractivity contribution in [2.75, 3.05) is 0 Å². The zero-order valence-corrected chi connectivity index (χ0v) is 8.69. The van der Waals surface area contributed by atoms with E-state index in [1.807, 2.05) is 0 Å². The van der Waals surface area contributed by atoms with Gasteiger partial charge >= 0.3 is 0 Å². The Morgan fingerprint density at radius 1 is 1.21 bits per heavy atom. The summed E-state index contributed by atoms with van der Waals surface area (Å²) in [6.07, 6.45) is 16.0. The van der Waals surface area contributed by atoms with Gasteiger partial charge in [0, 0.05) is 11.3 Å². The summed E-state index contributed by atoms with van der Waals surface area (Å²) >= 11 is 0. The molecule has 1 nitrogen and oxygen atoms in total. The fourth-order valence-electron chi connectivity index (χ4n) is 2.10. The first-order valence-electron chi connectivity index (χ1n) is 5.44. The van der Waals surface area contributed by atoms with Crippen LogP contribution < -0.4 is 0 Å². The van der Waals surface area contributed by atoms with Crippen molar-refractivity contribution < 1.29 is 5.11 Å². The van der Waals surface area contributed by atoms with Gasteiger partial charge in [0.25, 0.3) is 0 Å². The molecule has 0 radical (unpaired) electrons. The third-order valence-electron chi connectivity index (χ3n) is 3.15. The van der Waals surface area contributed by atoms with Crippen LogP contribution in [0.4, 0.5) is 0 Å². The van der Waals surface area contributed by atoms with E-state index in [-0.39, 0.29) is 17.4 Å². The Bertz CT molecular complexity index is 272. The highest BCUT2D eigenvalue weighted by Crippen LogP contribution is 2.31. The van der Waals surface area contributed by atoms with Gasteiger partial charge < -0.3 is 5.11 Å². The van der Waals surface area contributed by atoms with E-state index >= 15 is 0 Å². The van der Waals surface area contributed by atoms with Crippen LogP contribution >= 0.6 is 0 Å². The number of aliphatic hydroxyl groups is 1. The standard InChI is InChI=1S/C13H18O/c1-13-8-4-2-3-5-12(14)11(6-9-13)7-10-13/h4,6-12,14H,2-3,5H2,1H3/b8-4-. The van der Waals surface area contributed by atoms with E-state index in [2.05, 4.69) is 43.4 Å². The van der Waals surface area contributed by atoms with E-state index in [0.717, 1.165) is 19.3 Å². The van der Waals surface area contributed by atoms with Crippen molar-refractivity contribution in [1.29, 1.82) is 0 Å². The molecule has 0 aromatic heterocycles. The van der Waals surface area contributed by atoms with E-state index in [1.54, 1.807) is 0 Å². The largest absolute Gasteiger partial charge is 0.392 e. The van der Waals surface area contributed by atoms with Crippen molar-refractivity contribution in [3.63, 3.8) is 0 Å². The molecule has 0 aromatic carbocycles. The van der Waals surface area contributed by atoms with Crippen LogP contribution in [0.5, 0.6) is 0 Å². The molecule has 0 saturated heterocycles. The van der Waals surface area contributed by atoms with E-state index in [0.29, 0.717) is 0 Å². The lowest BCUT2D eigenvalue weighted by Crippen LogP contribution is -2.22. The second kappa shape index (κ2) is 3.74. The molecule has 1 heteroatoms. The highest BCUT2D eigenvalue weighted by atomic mass is 16.3. The molecule has 3 rings (SSSR count). The zero-order valence-electron chi connectivity index (χ0n) is 8.69. The third-order valence-corrected chi connectivity index (χ3v) is 3.15. The molecule has 1 N–H and O–H groups in total. The normalized spacial score (nSPS) is 43.9. The van der Waals surface area contributed by atoms with Crippen LogP contribution in [-0.2, 0) is 0 Å². The Labute approximate surface area is 85.8 Å². The quantitative estimate of drug-likeness (QED) is 0.582.